The number of fused-ring (bicyclic) bond motifs is 3. The highest BCUT2D eigenvalue weighted by Crippen LogP contribution is 2.52. The molecule has 3 rings (SSSR count). The number of allylic oxidation sites excluding steroid dienone is 1. The summed E-state index contributed by atoms with van der Waals surface area (Å²) in [6.07, 6.45) is 8.68. The van der Waals surface area contributed by atoms with Crippen molar-refractivity contribution in [1.29, 1.82) is 0 Å². The minimum atomic E-state index is -0.0122. The summed E-state index contributed by atoms with van der Waals surface area (Å²) in [5.41, 5.74) is -0.0122. The molecule has 2 fully saturated rings. The standard InChI is InChI=1S/C12H18O2/c1-13-11-8-9-3-4-10(7-9)12(11)5-2-6-14-12/h8-10H,2-7H2,1H3/t9-,10+,12-/m0/s1. The van der Waals surface area contributed by atoms with Crippen molar-refractivity contribution in [1.82, 2.24) is 0 Å². The van der Waals surface area contributed by atoms with Gasteiger partial charge in [0.1, 0.15) is 11.4 Å². The molecule has 78 valence electrons. The van der Waals surface area contributed by atoms with Crippen LogP contribution in [0.15, 0.2) is 11.8 Å². The van der Waals surface area contributed by atoms with E-state index in [0.29, 0.717) is 0 Å². The molecule has 0 unspecified atom stereocenters. The van der Waals surface area contributed by atoms with Crippen molar-refractivity contribution in [2.75, 3.05) is 13.7 Å². The third-order valence-corrected chi connectivity index (χ3v) is 4.21. The first-order chi connectivity index (χ1) is 6.85. The fourth-order valence-electron chi connectivity index (χ4n) is 3.57. The molecule has 1 aliphatic heterocycles. The van der Waals surface area contributed by atoms with Crippen LogP contribution >= 0.6 is 0 Å². The Labute approximate surface area is 85.3 Å². The maximum atomic E-state index is 6.02. The van der Waals surface area contributed by atoms with Crippen LogP contribution in [0.5, 0.6) is 0 Å². The molecule has 1 heterocycles. The molecule has 1 saturated heterocycles. The fourth-order valence-corrected chi connectivity index (χ4v) is 3.57. The van der Waals surface area contributed by atoms with Gasteiger partial charge in [0.25, 0.3) is 0 Å². The van der Waals surface area contributed by atoms with Crippen LogP contribution in [0.25, 0.3) is 0 Å². The summed E-state index contributed by atoms with van der Waals surface area (Å²) in [6, 6.07) is 0. The van der Waals surface area contributed by atoms with Gasteiger partial charge in [-0.25, -0.2) is 0 Å². The normalized spacial score (nSPS) is 45.6. The molecule has 1 spiro atoms. The second-order valence-corrected chi connectivity index (χ2v) is 4.85. The molecule has 0 aromatic heterocycles. The molecular weight excluding hydrogens is 176 g/mol. The zero-order valence-corrected chi connectivity index (χ0v) is 8.79. The fraction of sp³-hybridized carbons (Fsp3) is 0.833. The van der Waals surface area contributed by atoms with Gasteiger partial charge in [0.15, 0.2) is 0 Å². The van der Waals surface area contributed by atoms with E-state index in [2.05, 4.69) is 6.08 Å². The van der Waals surface area contributed by atoms with Crippen LogP contribution in [-0.2, 0) is 9.47 Å². The van der Waals surface area contributed by atoms with Crippen LogP contribution in [0.2, 0.25) is 0 Å². The van der Waals surface area contributed by atoms with Gasteiger partial charge >= 0.3 is 0 Å². The zero-order valence-electron chi connectivity index (χ0n) is 8.79. The first-order valence-corrected chi connectivity index (χ1v) is 5.75. The van der Waals surface area contributed by atoms with E-state index in [1.54, 1.807) is 7.11 Å². The van der Waals surface area contributed by atoms with Gasteiger partial charge in [-0.1, -0.05) is 0 Å². The van der Waals surface area contributed by atoms with Gasteiger partial charge < -0.3 is 9.47 Å². The van der Waals surface area contributed by atoms with E-state index in [0.717, 1.165) is 24.2 Å². The summed E-state index contributed by atoms with van der Waals surface area (Å²) < 4.78 is 11.6. The van der Waals surface area contributed by atoms with E-state index in [1.807, 2.05) is 0 Å². The van der Waals surface area contributed by atoms with Crippen molar-refractivity contribution in [2.24, 2.45) is 11.8 Å². The minimum absolute atomic E-state index is 0.0122. The smallest absolute Gasteiger partial charge is 0.127 e. The third-order valence-electron chi connectivity index (χ3n) is 4.21. The molecule has 2 bridgehead atoms. The molecule has 0 amide bonds. The molecule has 3 atom stereocenters. The summed E-state index contributed by atoms with van der Waals surface area (Å²) in [7, 11) is 1.79. The molecule has 0 aromatic rings. The van der Waals surface area contributed by atoms with Crippen LogP contribution in [0.4, 0.5) is 0 Å². The Balaban J connectivity index is 2.00. The third kappa shape index (κ3) is 1.01. The topological polar surface area (TPSA) is 18.5 Å². The number of methoxy groups -OCH3 is 1. The van der Waals surface area contributed by atoms with Gasteiger partial charge in [-0.2, -0.15) is 0 Å². The molecule has 14 heavy (non-hydrogen) atoms. The summed E-state index contributed by atoms with van der Waals surface area (Å²) in [4.78, 5) is 0. The van der Waals surface area contributed by atoms with Crippen molar-refractivity contribution in [3.8, 4) is 0 Å². The highest BCUT2D eigenvalue weighted by atomic mass is 16.5. The second kappa shape index (κ2) is 2.99. The number of hydrogen-bond donors (Lipinski definition) is 0. The van der Waals surface area contributed by atoms with Crippen molar-refractivity contribution in [2.45, 2.75) is 37.7 Å². The lowest BCUT2D eigenvalue weighted by atomic mass is 9.78. The van der Waals surface area contributed by atoms with Crippen LogP contribution in [-0.4, -0.2) is 19.3 Å². The summed E-state index contributed by atoms with van der Waals surface area (Å²) in [5, 5.41) is 0. The van der Waals surface area contributed by atoms with Gasteiger partial charge in [-0.3, -0.25) is 0 Å². The van der Waals surface area contributed by atoms with Gasteiger partial charge in [-0.15, -0.1) is 0 Å². The van der Waals surface area contributed by atoms with E-state index in [1.165, 1.54) is 32.1 Å². The molecule has 0 aromatic carbocycles. The summed E-state index contributed by atoms with van der Waals surface area (Å²) in [6.45, 7) is 0.919. The Kier molecular flexibility index (Phi) is 1.88. The first-order valence-electron chi connectivity index (χ1n) is 5.75. The first kappa shape index (κ1) is 8.78. The van der Waals surface area contributed by atoms with E-state index in [-0.39, 0.29) is 5.60 Å². The molecular formula is C12H18O2. The number of hydrogen-bond acceptors (Lipinski definition) is 2. The number of ether oxygens (including phenoxy) is 2. The van der Waals surface area contributed by atoms with Crippen molar-refractivity contribution < 1.29 is 9.47 Å². The summed E-state index contributed by atoms with van der Waals surface area (Å²) in [5.74, 6) is 2.63. The van der Waals surface area contributed by atoms with Crippen LogP contribution < -0.4 is 0 Å². The van der Waals surface area contributed by atoms with Crippen LogP contribution in [0.3, 0.4) is 0 Å². The lowest BCUT2D eigenvalue weighted by Gasteiger charge is -2.38. The largest absolute Gasteiger partial charge is 0.498 e. The van der Waals surface area contributed by atoms with E-state index in [9.17, 15) is 0 Å². The average molecular weight is 194 g/mol. The lowest BCUT2D eigenvalue weighted by molar-refractivity contribution is -0.0531. The molecule has 2 heteroatoms. The Morgan fingerprint density at radius 1 is 1.50 bits per heavy atom. The molecule has 1 saturated carbocycles. The van der Waals surface area contributed by atoms with Gasteiger partial charge in [0, 0.05) is 6.61 Å². The molecule has 2 nitrogen and oxygen atoms in total. The Hall–Kier alpha value is -0.500. The predicted octanol–water partition coefficient (Wildman–Crippen LogP) is 2.50. The Bertz CT molecular complexity index is 263. The maximum absolute atomic E-state index is 6.02. The van der Waals surface area contributed by atoms with Crippen LogP contribution in [0, 0.1) is 11.8 Å². The van der Waals surface area contributed by atoms with E-state index >= 15 is 0 Å². The SMILES string of the molecule is COC1=C[C@H]2CC[C@H](C2)[C@@]12CCCO2. The van der Waals surface area contributed by atoms with Gasteiger partial charge in [0.05, 0.1) is 7.11 Å². The molecule has 0 N–H and O–H groups in total. The van der Waals surface area contributed by atoms with Crippen LogP contribution in [0.1, 0.15) is 32.1 Å². The Morgan fingerprint density at radius 3 is 3.14 bits per heavy atom. The Morgan fingerprint density at radius 2 is 2.43 bits per heavy atom. The molecule has 2 aliphatic carbocycles. The minimum Gasteiger partial charge on any atom is -0.498 e. The lowest BCUT2D eigenvalue weighted by Crippen LogP contribution is -2.41. The van der Waals surface area contributed by atoms with E-state index < -0.39 is 0 Å². The van der Waals surface area contributed by atoms with Crippen molar-refractivity contribution in [3.63, 3.8) is 0 Å². The molecule has 0 radical (unpaired) electrons. The monoisotopic (exact) mass is 194 g/mol. The number of rotatable bonds is 1. The highest BCUT2D eigenvalue weighted by molar-refractivity contribution is 5.22. The van der Waals surface area contributed by atoms with Crippen molar-refractivity contribution >= 4 is 0 Å². The van der Waals surface area contributed by atoms with E-state index in [4.69, 9.17) is 9.47 Å². The quantitative estimate of drug-likeness (QED) is 0.638. The zero-order chi connectivity index (χ0) is 9.60. The van der Waals surface area contributed by atoms with Crippen molar-refractivity contribution in [3.05, 3.63) is 11.8 Å². The second-order valence-electron chi connectivity index (χ2n) is 4.85. The molecule has 3 aliphatic rings. The van der Waals surface area contributed by atoms with Gasteiger partial charge in [0.2, 0.25) is 0 Å². The highest BCUT2D eigenvalue weighted by Gasteiger charge is 2.52. The predicted molar refractivity (Wildman–Crippen MR) is 53.8 cm³/mol. The average Bonchev–Trinajstić information content (AvgIpc) is 2.78. The van der Waals surface area contributed by atoms with Gasteiger partial charge in [-0.05, 0) is 50.0 Å². The maximum Gasteiger partial charge on any atom is 0.127 e. The summed E-state index contributed by atoms with van der Waals surface area (Å²) >= 11 is 0.